The van der Waals surface area contributed by atoms with Gasteiger partial charge in [0.25, 0.3) is 0 Å². The Balaban J connectivity index is 3.30. The van der Waals surface area contributed by atoms with E-state index in [1.807, 2.05) is 0 Å². The Morgan fingerprint density at radius 3 is 2.40 bits per heavy atom. The number of allylic oxidation sites excluding steroid dienone is 4. The van der Waals surface area contributed by atoms with Gasteiger partial charge in [-0.2, -0.15) is 0 Å². The van der Waals surface area contributed by atoms with E-state index < -0.39 is 0 Å². The van der Waals surface area contributed by atoms with Crippen molar-refractivity contribution in [3.05, 3.63) is 24.3 Å². The highest BCUT2D eigenvalue weighted by Crippen LogP contribution is 2.06. The molecule has 0 rings (SSSR count). The summed E-state index contributed by atoms with van der Waals surface area (Å²) in [5, 5.41) is 0. The van der Waals surface area contributed by atoms with E-state index in [1.54, 1.807) is 0 Å². The van der Waals surface area contributed by atoms with Crippen LogP contribution in [0, 0.1) is 5.92 Å². The number of hydrogen-bond donors (Lipinski definition) is 0. The third-order valence-electron chi connectivity index (χ3n) is 1.55. The second-order valence-electron chi connectivity index (χ2n) is 2.65. The van der Waals surface area contributed by atoms with Gasteiger partial charge in [-0.05, 0) is 32.6 Å². The van der Waals surface area contributed by atoms with Crippen LogP contribution in [0.15, 0.2) is 24.3 Å². The standard InChI is InChI=1S/C10H18/c1-4-6-7-9-10(3)8-5-2/h4-6,8,10H,7,9H2,1-3H3. The molecule has 0 aliphatic heterocycles. The summed E-state index contributed by atoms with van der Waals surface area (Å²) in [7, 11) is 0. The van der Waals surface area contributed by atoms with Gasteiger partial charge in [0.2, 0.25) is 0 Å². The maximum Gasteiger partial charge on any atom is -0.0259 e. The monoisotopic (exact) mass is 138 g/mol. The first kappa shape index (κ1) is 9.48. The Morgan fingerprint density at radius 1 is 1.20 bits per heavy atom. The van der Waals surface area contributed by atoms with Crippen LogP contribution in [-0.4, -0.2) is 0 Å². The van der Waals surface area contributed by atoms with Crippen molar-refractivity contribution in [1.29, 1.82) is 0 Å². The summed E-state index contributed by atoms with van der Waals surface area (Å²) in [6.45, 7) is 6.40. The maximum absolute atomic E-state index is 2.25. The highest BCUT2D eigenvalue weighted by atomic mass is 14.0. The largest absolute Gasteiger partial charge is 0.0917 e. The van der Waals surface area contributed by atoms with Crippen molar-refractivity contribution in [1.82, 2.24) is 0 Å². The van der Waals surface area contributed by atoms with Crippen LogP contribution in [0.3, 0.4) is 0 Å². The first-order valence-electron chi connectivity index (χ1n) is 4.05. The minimum atomic E-state index is 0.737. The zero-order chi connectivity index (χ0) is 7.82. The smallest absolute Gasteiger partial charge is 0.0259 e. The zero-order valence-corrected chi connectivity index (χ0v) is 7.30. The molecule has 58 valence electrons. The van der Waals surface area contributed by atoms with E-state index in [-0.39, 0.29) is 0 Å². The van der Waals surface area contributed by atoms with Gasteiger partial charge in [0, 0.05) is 0 Å². The zero-order valence-electron chi connectivity index (χ0n) is 7.30. The molecule has 0 saturated carbocycles. The van der Waals surface area contributed by atoms with E-state index >= 15 is 0 Å². The van der Waals surface area contributed by atoms with E-state index in [0.29, 0.717) is 0 Å². The summed E-state index contributed by atoms with van der Waals surface area (Å²) >= 11 is 0. The summed E-state index contributed by atoms with van der Waals surface area (Å²) in [6.07, 6.45) is 11.2. The minimum absolute atomic E-state index is 0.737. The topological polar surface area (TPSA) is 0 Å². The summed E-state index contributed by atoms with van der Waals surface area (Å²) < 4.78 is 0. The summed E-state index contributed by atoms with van der Waals surface area (Å²) in [5.74, 6) is 0.737. The van der Waals surface area contributed by atoms with Crippen molar-refractivity contribution in [2.75, 3.05) is 0 Å². The van der Waals surface area contributed by atoms with Gasteiger partial charge < -0.3 is 0 Å². The third-order valence-corrected chi connectivity index (χ3v) is 1.55. The second kappa shape index (κ2) is 6.60. The molecular weight excluding hydrogens is 120 g/mol. The molecule has 0 fully saturated rings. The van der Waals surface area contributed by atoms with Gasteiger partial charge in [-0.15, -0.1) is 0 Å². The lowest BCUT2D eigenvalue weighted by Gasteiger charge is -2.00. The summed E-state index contributed by atoms with van der Waals surface area (Å²) in [5.41, 5.74) is 0. The third kappa shape index (κ3) is 5.61. The van der Waals surface area contributed by atoms with Gasteiger partial charge in [0.05, 0.1) is 0 Å². The Morgan fingerprint density at radius 2 is 1.90 bits per heavy atom. The van der Waals surface area contributed by atoms with Crippen molar-refractivity contribution in [2.45, 2.75) is 33.6 Å². The summed E-state index contributed by atoms with van der Waals surface area (Å²) in [4.78, 5) is 0. The van der Waals surface area contributed by atoms with Gasteiger partial charge in [-0.3, -0.25) is 0 Å². The van der Waals surface area contributed by atoms with Crippen molar-refractivity contribution in [3.8, 4) is 0 Å². The Bertz CT molecular complexity index is 109. The molecule has 0 saturated heterocycles. The van der Waals surface area contributed by atoms with Crippen molar-refractivity contribution in [3.63, 3.8) is 0 Å². The Hall–Kier alpha value is -0.520. The molecule has 0 bridgehead atoms. The molecule has 0 aliphatic rings. The molecule has 0 amide bonds. The second-order valence-corrected chi connectivity index (χ2v) is 2.65. The molecule has 0 N–H and O–H groups in total. The molecule has 1 unspecified atom stereocenters. The van der Waals surface area contributed by atoms with Crippen LogP contribution >= 0.6 is 0 Å². The van der Waals surface area contributed by atoms with E-state index in [2.05, 4.69) is 45.1 Å². The molecule has 0 nitrogen and oxygen atoms in total. The summed E-state index contributed by atoms with van der Waals surface area (Å²) in [6, 6.07) is 0. The molecule has 0 spiro atoms. The fourth-order valence-electron chi connectivity index (χ4n) is 0.951. The Labute approximate surface area is 64.6 Å². The molecule has 0 aromatic heterocycles. The minimum Gasteiger partial charge on any atom is -0.0917 e. The molecule has 0 aromatic carbocycles. The van der Waals surface area contributed by atoms with Crippen LogP contribution in [0.1, 0.15) is 33.6 Å². The normalized spacial score (nSPS) is 15.1. The van der Waals surface area contributed by atoms with Gasteiger partial charge >= 0.3 is 0 Å². The molecular formula is C10H18. The van der Waals surface area contributed by atoms with Crippen LogP contribution < -0.4 is 0 Å². The van der Waals surface area contributed by atoms with Crippen LogP contribution in [0.5, 0.6) is 0 Å². The predicted octanol–water partition coefficient (Wildman–Crippen LogP) is 3.55. The Kier molecular flexibility index (Phi) is 6.25. The lowest BCUT2D eigenvalue weighted by Crippen LogP contribution is -1.86. The maximum atomic E-state index is 2.25. The number of rotatable bonds is 4. The molecule has 0 aliphatic carbocycles. The lowest BCUT2D eigenvalue weighted by atomic mass is 10.1. The molecule has 0 heterocycles. The molecule has 1 atom stereocenters. The van der Waals surface area contributed by atoms with Crippen LogP contribution in [0.4, 0.5) is 0 Å². The molecule has 10 heavy (non-hydrogen) atoms. The van der Waals surface area contributed by atoms with E-state index in [4.69, 9.17) is 0 Å². The lowest BCUT2D eigenvalue weighted by molar-refractivity contribution is 0.657. The average Bonchev–Trinajstić information content (AvgIpc) is 1.89. The number of hydrogen-bond acceptors (Lipinski definition) is 0. The van der Waals surface area contributed by atoms with Crippen molar-refractivity contribution < 1.29 is 0 Å². The van der Waals surface area contributed by atoms with Gasteiger partial charge in [-0.25, -0.2) is 0 Å². The van der Waals surface area contributed by atoms with Crippen molar-refractivity contribution >= 4 is 0 Å². The molecule has 0 radical (unpaired) electrons. The fraction of sp³-hybridized carbons (Fsp3) is 0.600. The fourth-order valence-corrected chi connectivity index (χ4v) is 0.951. The first-order valence-corrected chi connectivity index (χ1v) is 4.05. The van der Waals surface area contributed by atoms with E-state index in [9.17, 15) is 0 Å². The van der Waals surface area contributed by atoms with Crippen LogP contribution in [0.25, 0.3) is 0 Å². The van der Waals surface area contributed by atoms with E-state index in [0.717, 1.165) is 5.92 Å². The highest BCUT2D eigenvalue weighted by molar-refractivity contribution is 4.85. The van der Waals surface area contributed by atoms with Crippen molar-refractivity contribution in [2.24, 2.45) is 5.92 Å². The quantitative estimate of drug-likeness (QED) is 0.521. The van der Waals surface area contributed by atoms with Crippen LogP contribution in [-0.2, 0) is 0 Å². The molecule has 0 heteroatoms. The van der Waals surface area contributed by atoms with Gasteiger partial charge in [0.15, 0.2) is 0 Å². The van der Waals surface area contributed by atoms with Gasteiger partial charge in [-0.1, -0.05) is 31.2 Å². The predicted molar refractivity (Wildman–Crippen MR) is 48.0 cm³/mol. The highest BCUT2D eigenvalue weighted by Gasteiger charge is 1.91. The van der Waals surface area contributed by atoms with Crippen LogP contribution in [0.2, 0.25) is 0 Å². The van der Waals surface area contributed by atoms with Gasteiger partial charge in [0.1, 0.15) is 0 Å². The SMILES string of the molecule is CC=CCCC(C)C=CC. The average molecular weight is 138 g/mol. The first-order chi connectivity index (χ1) is 4.81. The molecule has 0 aromatic rings. The van der Waals surface area contributed by atoms with E-state index in [1.165, 1.54) is 12.8 Å².